The van der Waals surface area contributed by atoms with E-state index in [9.17, 15) is 0 Å². The van der Waals surface area contributed by atoms with Crippen molar-refractivity contribution in [1.29, 1.82) is 0 Å². The molecule has 0 unspecified atom stereocenters. The number of para-hydroxylation sites is 1. The van der Waals surface area contributed by atoms with Gasteiger partial charge in [-0.15, -0.1) is 15.3 Å². The maximum atomic E-state index is 6.02. The Bertz CT molecular complexity index is 976. The molecule has 0 spiro atoms. The molecule has 2 aromatic carbocycles. The third-order valence-electron chi connectivity index (χ3n) is 4.19. The topological polar surface area (TPSA) is 82.5 Å². The van der Waals surface area contributed by atoms with Crippen LogP contribution in [0.1, 0.15) is 25.3 Å². The van der Waals surface area contributed by atoms with Crippen LogP contribution in [0.4, 0.5) is 0 Å². The molecule has 2 heterocycles. The number of benzene rings is 2. The van der Waals surface area contributed by atoms with Crippen LogP contribution in [0.5, 0.6) is 0 Å². The minimum atomic E-state index is -0.393. The molecule has 0 aliphatic rings. The second-order valence-corrected chi connectivity index (χ2v) is 6.17. The van der Waals surface area contributed by atoms with E-state index in [1.807, 2.05) is 42.5 Å². The maximum absolute atomic E-state index is 6.02. The number of nitrogens with zero attached hydrogens (tertiary/aromatic N) is 6. The lowest BCUT2D eigenvalue weighted by molar-refractivity contribution is 0.420. The van der Waals surface area contributed by atoms with Gasteiger partial charge in [-0.05, 0) is 42.0 Å². The molecule has 0 aliphatic carbocycles. The molecule has 0 amide bonds. The zero-order valence-corrected chi connectivity index (χ0v) is 13.9. The van der Waals surface area contributed by atoms with Gasteiger partial charge in [0.2, 0.25) is 11.8 Å². The van der Waals surface area contributed by atoms with Crippen molar-refractivity contribution in [3.8, 4) is 17.1 Å². The summed E-state index contributed by atoms with van der Waals surface area (Å²) in [5.74, 6) is 0.991. The minimum Gasteiger partial charge on any atom is -0.420 e. The summed E-state index contributed by atoms with van der Waals surface area (Å²) in [5.41, 5.74) is 2.27. The van der Waals surface area contributed by atoms with Gasteiger partial charge in [0.25, 0.3) is 0 Å². The highest BCUT2D eigenvalue weighted by atomic mass is 16.4. The van der Waals surface area contributed by atoms with Gasteiger partial charge in [0.05, 0.1) is 16.7 Å². The summed E-state index contributed by atoms with van der Waals surface area (Å²) in [6.07, 6.45) is 1.53. The normalized spacial score (nSPS) is 11.6. The minimum absolute atomic E-state index is 0.393. The molecule has 0 aliphatic heterocycles. The average Bonchev–Trinajstić information content (AvgIpc) is 3.35. The smallest absolute Gasteiger partial charge is 0.249 e. The molecule has 0 saturated heterocycles. The summed E-state index contributed by atoms with van der Waals surface area (Å²) in [6.45, 7) is 4.12. The fraction of sp³-hybridized carbons (Fsp3) is 0.167. The van der Waals surface area contributed by atoms with Gasteiger partial charge >= 0.3 is 0 Å². The standard InChI is InChI=1S/C18H16N6O/c1-18(2,13-8-4-3-5-9-13)17-21-20-16(25-17)14-10-6-7-11-15(14)24-12-19-22-23-24/h3-12H,1-2H3. The molecule has 7 heteroatoms. The highest BCUT2D eigenvalue weighted by Gasteiger charge is 2.30. The van der Waals surface area contributed by atoms with Crippen molar-refractivity contribution < 1.29 is 4.42 Å². The Morgan fingerprint density at radius 1 is 0.920 bits per heavy atom. The van der Waals surface area contributed by atoms with E-state index in [1.54, 1.807) is 4.68 Å². The van der Waals surface area contributed by atoms with E-state index in [0.717, 1.165) is 16.8 Å². The van der Waals surface area contributed by atoms with Gasteiger partial charge in [-0.1, -0.05) is 42.5 Å². The summed E-state index contributed by atoms with van der Waals surface area (Å²) >= 11 is 0. The van der Waals surface area contributed by atoms with E-state index in [4.69, 9.17) is 4.42 Å². The van der Waals surface area contributed by atoms with E-state index in [0.29, 0.717) is 11.8 Å². The molecule has 4 rings (SSSR count). The Hall–Kier alpha value is -3.35. The molecule has 124 valence electrons. The summed E-state index contributed by atoms with van der Waals surface area (Å²) < 4.78 is 7.59. The summed E-state index contributed by atoms with van der Waals surface area (Å²) in [6, 6.07) is 17.7. The van der Waals surface area contributed by atoms with E-state index < -0.39 is 5.41 Å². The first-order valence-corrected chi connectivity index (χ1v) is 7.88. The van der Waals surface area contributed by atoms with E-state index in [-0.39, 0.29) is 0 Å². The molecule has 25 heavy (non-hydrogen) atoms. The quantitative estimate of drug-likeness (QED) is 0.571. The van der Waals surface area contributed by atoms with Gasteiger partial charge in [0, 0.05) is 0 Å². The molecule has 2 aromatic heterocycles. The molecule has 0 saturated carbocycles. The lowest BCUT2D eigenvalue weighted by atomic mass is 9.85. The van der Waals surface area contributed by atoms with Crippen LogP contribution in [0.15, 0.2) is 65.3 Å². The molecule has 0 bridgehead atoms. The highest BCUT2D eigenvalue weighted by molar-refractivity contribution is 5.65. The Morgan fingerprint density at radius 2 is 1.68 bits per heavy atom. The van der Waals surface area contributed by atoms with Crippen LogP contribution in [-0.2, 0) is 5.41 Å². The predicted octanol–water partition coefficient (Wildman–Crippen LogP) is 3.04. The predicted molar refractivity (Wildman–Crippen MR) is 91.0 cm³/mol. The third kappa shape index (κ3) is 2.69. The molecule has 0 fully saturated rings. The molecule has 7 nitrogen and oxygen atoms in total. The second-order valence-electron chi connectivity index (χ2n) is 6.17. The van der Waals surface area contributed by atoms with Crippen molar-refractivity contribution in [2.75, 3.05) is 0 Å². The summed E-state index contributed by atoms with van der Waals surface area (Å²) in [7, 11) is 0. The van der Waals surface area contributed by atoms with Crippen molar-refractivity contribution >= 4 is 0 Å². The third-order valence-corrected chi connectivity index (χ3v) is 4.19. The van der Waals surface area contributed by atoms with Crippen molar-refractivity contribution in [2.45, 2.75) is 19.3 Å². The van der Waals surface area contributed by atoms with Crippen LogP contribution in [0.2, 0.25) is 0 Å². The lowest BCUT2D eigenvalue weighted by Gasteiger charge is -2.20. The molecule has 0 radical (unpaired) electrons. The average molecular weight is 332 g/mol. The first kappa shape index (κ1) is 15.2. The lowest BCUT2D eigenvalue weighted by Crippen LogP contribution is -2.19. The SMILES string of the molecule is CC(C)(c1ccccc1)c1nnc(-c2ccccc2-n2cnnn2)o1. The highest BCUT2D eigenvalue weighted by Crippen LogP contribution is 2.33. The van der Waals surface area contributed by atoms with Crippen LogP contribution in [0.25, 0.3) is 17.1 Å². The Labute approximate surface area is 144 Å². The largest absolute Gasteiger partial charge is 0.420 e. The monoisotopic (exact) mass is 332 g/mol. The van der Waals surface area contributed by atoms with Crippen LogP contribution >= 0.6 is 0 Å². The van der Waals surface area contributed by atoms with Gasteiger partial charge in [-0.25, -0.2) is 0 Å². The van der Waals surface area contributed by atoms with Gasteiger partial charge in [-0.2, -0.15) is 4.68 Å². The Morgan fingerprint density at radius 3 is 2.44 bits per heavy atom. The van der Waals surface area contributed by atoms with Gasteiger partial charge in [0.15, 0.2) is 0 Å². The Balaban J connectivity index is 1.76. The molecule has 0 atom stereocenters. The number of tetrazole rings is 1. The van der Waals surface area contributed by atoms with Crippen LogP contribution in [0.3, 0.4) is 0 Å². The fourth-order valence-corrected chi connectivity index (χ4v) is 2.69. The van der Waals surface area contributed by atoms with Crippen LogP contribution in [0, 0.1) is 0 Å². The molecular weight excluding hydrogens is 316 g/mol. The number of rotatable bonds is 4. The molecular formula is C18H16N6O. The number of aromatic nitrogens is 6. The van der Waals surface area contributed by atoms with Gasteiger partial charge in [-0.3, -0.25) is 0 Å². The zero-order valence-electron chi connectivity index (χ0n) is 13.9. The van der Waals surface area contributed by atoms with E-state index in [1.165, 1.54) is 6.33 Å². The van der Waals surface area contributed by atoms with Crippen molar-refractivity contribution in [1.82, 2.24) is 30.4 Å². The first-order chi connectivity index (χ1) is 12.2. The number of hydrogen-bond acceptors (Lipinski definition) is 6. The maximum Gasteiger partial charge on any atom is 0.249 e. The van der Waals surface area contributed by atoms with Crippen molar-refractivity contribution in [3.05, 3.63) is 72.4 Å². The van der Waals surface area contributed by atoms with Crippen molar-refractivity contribution in [3.63, 3.8) is 0 Å². The molecule has 0 N–H and O–H groups in total. The fourth-order valence-electron chi connectivity index (χ4n) is 2.69. The van der Waals surface area contributed by atoms with Crippen molar-refractivity contribution in [2.24, 2.45) is 0 Å². The van der Waals surface area contributed by atoms with Crippen LogP contribution < -0.4 is 0 Å². The van der Waals surface area contributed by atoms with E-state index in [2.05, 4.69) is 51.7 Å². The summed E-state index contributed by atoms with van der Waals surface area (Å²) in [4.78, 5) is 0. The number of hydrogen-bond donors (Lipinski definition) is 0. The van der Waals surface area contributed by atoms with Gasteiger partial charge < -0.3 is 4.42 Å². The zero-order chi connectivity index (χ0) is 17.3. The molecule has 4 aromatic rings. The second kappa shape index (κ2) is 5.94. The van der Waals surface area contributed by atoms with Crippen LogP contribution in [-0.4, -0.2) is 30.4 Å². The summed E-state index contributed by atoms with van der Waals surface area (Å²) in [5, 5.41) is 19.8. The van der Waals surface area contributed by atoms with E-state index >= 15 is 0 Å². The Kier molecular flexibility index (Phi) is 3.61. The van der Waals surface area contributed by atoms with Gasteiger partial charge in [0.1, 0.15) is 6.33 Å². The first-order valence-electron chi connectivity index (χ1n) is 7.88.